The topological polar surface area (TPSA) is 73.6 Å². The van der Waals surface area contributed by atoms with Gasteiger partial charge in [-0.05, 0) is 53.4 Å². The van der Waals surface area contributed by atoms with E-state index >= 15 is 0 Å². The Morgan fingerprint density at radius 1 is 1.25 bits per heavy atom. The Morgan fingerprint density at radius 3 is 2.58 bits per heavy atom. The second kappa shape index (κ2) is 9.89. The molecule has 0 unspecified atom stereocenters. The molecule has 1 saturated carbocycles. The van der Waals surface area contributed by atoms with Gasteiger partial charge in [0, 0.05) is 12.6 Å². The highest BCUT2D eigenvalue weighted by Gasteiger charge is 2.15. The summed E-state index contributed by atoms with van der Waals surface area (Å²) in [7, 11) is 0. The van der Waals surface area contributed by atoms with Gasteiger partial charge in [-0.3, -0.25) is 4.79 Å². The Kier molecular flexibility index (Phi) is 7.85. The SMILES string of the molecule is CCOc1cc(CNC2CCCCCC2)cc(Br)c1OCC(N)=O. The van der Waals surface area contributed by atoms with E-state index in [1.54, 1.807) is 0 Å². The van der Waals surface area contributed by atoms with Gasteiger partial charge in [0.2, 0.25) is 0 Å². The summed E-state index contributed by atoms with van der Waals surface area (Å²) in [5, 5.41) is 3.65. The van der Waals surface area contributed by atoms with Crippen molar-refractivity contribution in [1.82, 2.24) is 5.32 Å². The van der Waals surface area contributed by atoms with Crippen molar-refractivity contribution in [3.8, 4) is 11.5 Å². The number of nitrogens with two attached hydrogens (primary N) is 1. The van der Waals surface area contributed by atoms with Gasteiger partial charge in [-0.15, -0.1) is 0 Å². The van der Waals surface area contributed by atoms with Gasteiger partial charge in [-0.1, -0.05) is 25.7 Å². The van der Waals surface area contributed by atoms with Crippen molar-refractivity contribution in [1.29, 1.82) is 0 Å². The average Bonchev–Trinajstić information content (AvgIpc) is 2.81. The highest BCUT2D eigenvalue weighted by Crippen LogP contribution is 2.37. The summed E-state index contributed by atoms with van der Waals surface area (Å²) in [6.07, 6.45) is 7.82. The zero-order chi connectivity index (χ0) is 17.4. The maximum atomic E-state index is 11.0. The van der Waals surface area contributed by atoms with Gasteiger partial charge < -0.3 is 20.5 Å². The lowest BCUT2D eigenvalue weighted by Gasteiger charge is -2.18. The van der Waals surface area contributed by atoms with E-state index in [0.717, 1.165) is 16.6 Å². The van der Waals surface area contributed by atoms with Gasteiger partial charge in [0.05, 0.1) is 11.1 Å². The quantitative estimate of drug-likeness (QED) is 0.656. The summed E-state index contributed by atoms with van der Waals surface area (Å²) >= 11 is 3.51. The number of carbonyl (C=O) groups excluding carboxylic acids is 1. The maximum absolute atomic E-state index is 11.0. The molecule has 1 aromatic rings. The minimum Gasteiger partial charge on any atom is -0.490 e. The summed E-state index contributed by atoms with van der Waals surface area (Å²) in [6, 6.07) is 4.56. The molecule has 0 saturated heterocycles. The van der Waals surface area contributed by atoms with Crippen LogP contribution in [0.1, 0.15) is 51.0 Å². The van der Waals surface area contributed by atoms with E-state index in [4.69, 9.17) is 15.2 Å². The maximum Gasteiger partial charge on any atom is 0.255 e. The minimum absolute atomic E-state index is 0.168. The van der Waals surface area contributed by atoms with Gasteiger partial charge in [0.1, 0.15) is 0 Å². The van der Waals surface area contributed by atoms with Crippen LogP contribution in [0.25, 0.3) is 0 Å². The number of benzene rings is 1. The highest BCUT2D eigenvalue weighted by molar-refractivity contribution is 9.10. The molecule has 0 aliphatic heterocycles. The largest absolute Gasteiger partial charge is 0.490 e. The number of hydrogen-bond donors (Lipinski definition) is 2. The smallest absolute Gasteiger partial charge is 0.255 e. The molecule has 1 aliphatic carbocycles. The predicted molar refractivity (Wildman–Crippen MR) is 98.3 cm³/mol. The van der Waals surface area contributed by atoms with E-state index in [0.29, 0.717) is 24.1 Å². The number of hydrogen-bond acceptors (Lipinski definition) is 4. The molecule has 5 nitrogen and oxygen atoms in total. The van der Waals surface area contributed by atoms with Crippen molar-refractivity contribution in [2.24, 2.45) is 5.73 Å². The number of amides is 1. The van der Waals surface area contributed by atoms with Crippen LogP contribution in [-0.4, -0.2) is 25.2 Å². The van der Waals surface area contributed by atoms with Crippen LogP contribution in [0.3, 0.4) is 0 Å². The first-order valence-electron chi connectivity index (χ1n) is 8.70. The summed E-state index contributed by atoms with van der Waals surface area (Å²) in [4.78, 5) is 11.0. The summed E-state index contributed by atoms with van der Waals surface area (Å²) in [5.41, 5.74) is 6.28. The molecular formula is C18H27BrN2O3. The molecule has 24 heavy (non-hydrogen) atoms. The molecule has 1 fully saturated rings. The van der Waals surface area contributed by atoms with Crippen LogP contribution in [0.5, 0.6) is 11.5 Å². The first-order valence-corrected chi connectivity index (χ1v) is 9.49. The van der Waals surface area contributed by atoms with Crippen LogP contribution in [0.15, 0.2) is 16.6 Å². The number of halogens is 1. The van der Waals surface area contributed by atoms with E-state index in [-0.39, 0.29) is 6.61 Å². The molecule has 1 aliphatic rings. The van der Waals surface area contributed by atoms with Crippen molar-refractivity contribution in [3.05, 3.63) is 22.2 Å². The van der Waals surface area contributed by atoms with Gasteiger partial charge in [0.25, 0.3) is 5.91 Å². The Balaban J connectivity index is 2.05. The first-order chi connectivity index (χ1) is 11.6. The number of rotatable bonds is 8. The summed E-state index contributed by atoms with van der Waals surface area (Å²) in [5.74, 6) is 0.642. The van der Waals surface area contributed by atoms with E-state index in [1.165, 1.54) is 38.5 Å². The third-order valence-corrected chi connectivity index (χ3v) is 4.77. The van der Waals surface area contributed by atoms with Crippen LogP contribution in [-0.2, 0) is 11.3 Å². The second-order valence-electron chi connectivity index (χ2n) is 6.16. The lowest BCUT2D eigenvalue weighted by Crippen LogP contribution is -2.27. The Morgan fingerprint density at radius 2 is 1.96 bits per heavy atom. The third kappa shape index (κ3) is 5.98. The van der Waals surface area contributed by atoms with Crippen molar-refractivity contribution < 1.29 is 14.3 Å². The monoisotopic (exact) mass is 398 g/mol. The van der Waals surface area contributed by atoms with E-state index < -0.39 is 5.91 Å². The fourth-order valence-electron chi connectivity index (χ4n) is 3.02. The predicted octanol–water partition coefficient (Wildman–Crippen LogP) is 3.52. The average molecular weight is 399 g/mol. The van der Waals surface area contributed by atoms with Crippen LogP contribution in [0.4, 0.5) is 0 Å². The van der Waals surface area contributed by atoms with Crippen molar-refractivity contribution in [2.75, 3.05) is 13.2 Å². The van der Waals surface area contributed by atoms with Crippen molar-refractivity contribution >= 4 is 21.8 Å². The zero-order valence-electron chi connectivity index (χ0n) is 14.3. The molecule has 1 amide bonds. The van der Waals surface area contributed by atoms with Crippen LogP contribution < -0.4 is 20.5 Å². The van der Waals surface area contributed by atoms with Gasteiger partial charge in [-0.2, -0.15) is 0 Å². The minimum atomic E-state index is -0.511. The molecule has 1 aromatic carbocycles. The second-order valence-corrected chi connectivity index (χ2v) is 7.02. The van der Waals surface area contributed by atoms with Gasteiger partial charge in [-0.25, -0.2) is 0 Å². The summed E-state index contributed by atoms with van der Waals surface area (Å²) in [6.45, 7) is 3.07. The molecular weight excluding hydrogens is 372 g/mol. The lowest BCUT2D eigenvalue weighted by molar-refractivity contribution is -0.119. The molecule has 0 bridgehead atoms. The van der Waals surface area contributed by atoms with E-state index in [1.807, 2.05) is 19.1 Å². The standard InChI is InChI=1S/C18H27BrN2O3/c1-2-23-16-10-13(9-15(19)18(16)24-12-17(20)22)11-21-14-7-5-3-4-6-8-14/h9-10,14,21H,2-8,11-12H2,1H3,(H2,20,22). The highest BCUT2D eigenvalue weighted by atomic mass is 79.9. The fraction of sp³-hybridized carbons (Fsp3) is 0.611. The molecule has 0 spiro atoms. The van der Waals surface area contributed by atoms with E-state index in [9.17, 15) is 4.79 Å². The normalized spacial score (nSPS) is 15.8. The Bertz CT molecular complexity index is 543. The molecule has 0 heterocycles. The van der Waals surface area contributed by atoms with Crippen molar-refractivity contribution in [2.45, 2.75) is 58.0 Å². The molecule has 6 heteroatoms. The number of nitrogens with one attached hydrogen (secondary N) is 1. The molecule has 0 atom stereocenters. The molecule has 0 radical (unpaired) electrons. The Labute approximate surface area is 152 Å². The number of ether oxygens (including phenoxy) is 2. The van der Waals surface area contributed by atoms with Gasteiger partial charge >= 0.3 is 0 Å². The van der Waals surface area contributed by atoms with Gasteiger partial charge in [0.15, 0.2) is 18.1 Å². The third-order valence-electron chi connectivity index (χ3n) is 4.18. The molecule has 3 N–H and O–H groups in total. The van der Waals surface area contributed by atoms with Crippen LogP contribution in [0.2, 0.25) is 0 Å². The molecule has 2 rings (SSSR count). The first kappa shape index (κ1) is 19.1. The Hall–Kier alpha value is -1.27. The number of carbonyl (C=O) groups is 1. The lowest BCUT2D eigenvalue weighted by atomic mass is 10.1. The molecule has 134 valence electrons. The zero-order valence-corrected chi connectivity index (χ0v) is 15.9. The fourth-order valence-corrected chi connectivity index (χ4v) is 3.62. The van der Waals surface area contributed by atoms with Crippen LogP contribution in [0, 0.1) is 0 Å². The van der Waals surface area contributed by atoms with E-state index in [2.05, 4.69) is 21.2 Å². The molecule has 0 aromatic heterocycles. The number of primary amides is 1. The summed E-state index contributed by atoms with van der Waals surface area (Å²) < 4.78 is 11.9. The van der Waals surface area contributed by atoms with Crippen LogP contribution >= 0.6 is 15.9 Å². The van der Waals surface area contributed by atoms with Crippen molar-refractivity contribution in [3.63, 3.8) is 0 Å².